The Morgan fingerprint density at radius 1 is 0.560 bits per heavy atom. The van der Waals surface area contributed by atoms with Crippen LogP contribution >= 0.6 is 0 Å². The molecule has 0 bridgehead atoms. The number of amides is 1. The Balaban J connectivity index is 4.01. The number of nitrogens with one attached hydrogen (secondary N) is 1. The van der Waals surface area contributed by atoms with Gasteiger partial charge in [-0.3, -0.25) is 9.35 Å². The van der Waals surface area contributed by atoms with E-state index in [9.17, 15) is 22.9 Å². The van der Waals surface area contributed by atoms with Crippen molar-refractivity contribution in [3.63, 3.8) is 0 Å². The zero-order valence-corrected chi connectivity index (χ0v) is 32.3. The largest absolute Gasteiger partial charge is 0.387 e. The first kappa shape index (κ1) is 47.3. The predicted molar refractivity (Wildman–Crippen MR) is 216 cm³/mol. The summed E-state index contributed by atoms with van der Waals surface area (Å²) in [6.45, 7) is 4.34. The third kappa shape index (κ3) is 36.5. The van der Waals surface area contributed by atoms with Gasteiger partial charge in [0.25, 0.3) is 10.1 Å². The van der Waals surface area contributed by atoms with E-state index in [0.717, 1.165) is 83.5 Å². The van der Waals surface area contributed by atoms with Gasteiger partial charge in [0.15, 0.2) is 0 Å². The molecule has 0 aliphatic heterocycles. The molecule has 0 aromatic heterocycles. The number of hydrogen-bond acceptors (Lipinski definition) is 4. The lowest BCUT2D eigenvalue weighted by molar-refractivity contribution is -0.122. The summed E-state index contributed by atoms with van der Waals surface area (Å²) in [5.41, 5.74) is 0. The minimum atomic E-state index is -4.36. The van der Waals surface area contributed by atoms with Crippen LogP contribution in [0.25, 0.3) is 0 Å². The van der Waals surface area contributed by atoms with Gasteiger partial charge in [-0.1, -0.05) is 156 Å². The van der Waals surface area contributed by atoms with Crippen molar-refractivity contribution in [1.29, 1.82) is 0 Å². The molecule has 50 heavy (non-hydrogen) atoms. The summed E-state index contributed by atoms with van der Waals surface area (Å²) in [5.74, 6) is -1.04. The second-order valence-corrected chi connectivity index (χ2v) is 14.3. The zero-order valence-electron chi connectivity index (χ0n) is 31.5. The minimum Gasteiger partial charge on any atom is -0.387 e. The van der Waals surface area contributed by atoms with Gasteiger partial charge in [0.05, 0.1) is 17.9 Å². The number of hydrogen-bond donors (Lipinski definition) is 3. The van der Waals surface area contributed by atoms with Crippen molar-refractivity contribution in [3.8, 4) is 0 Å². The van der Waals surface area contributed by atoms with Gasteiger partial charge < -0.3 is 10.4 Å². The molecule has 0 aliphatic rings. The Morgan fingerprint density at radius 3 is 1.50 bits per heavy atom. The number of carbonyl (C=O) groups excluding carboxylic acids is 1. The first-order valence-corrected chi connectivity index (χ1v) is 21.0. The maximum absolute atomic E-state index is 12.5. The molecular formula is C43H71NO5S. The Kier molecular flexibility index (Phi) is 34.1. The molecule has 1 amide bonds. The van der Waals surface area contributed by atoms with E-state index in [1.807, 2.05) is 0 Å². The summed E-state index contributed by atoms with van der Waals surface area (Å²) < 4.78 is 32.4. The second kappa shape index (κ2) is 36.1. The Bertz CT molecular complexity index is 1140. The van der Waals surface area contributed by atoms with Crippen LogP contribution in [0.15, 0.2) is 97.2 Å². The van der Waals surface area contributed by atoms with Gasteiger partial charge in [-0.25, -0.2) is 0 Å². The fourth-order valence-corrected chi connectivity index (χ4v) is 5.81. The molecule has 0 aromatic rings. The van der Waals surface area contributed by atoms with Crippen molar-refractivity contribution in [2.24, 2.45) is 0 Å². The molecule has 284 valence electrons. The third-order valence-corrected chi connectivity index (χ3v) is 8.75. The minimum absolute atomic E-state index is 0.265. The monoisotopic (exact) mass is 714 g/mol. The van der Waals surface area contributed by atoms with Crippen LogP contribution in [-0.4, -0.2) is 41.9 Å². The highest BCUT2D eigenvalue weighted by Crippen LogP contribution is 2.11. The van der Waals surface area contributed by atoms with Crippen molar-refractivity contribution in [2.75, 3.05) is 5.75 Å². The van der Waals surface area contributed by atoms with Crippen LogP contribution in [0.2, 0.25) is 0 Å². The van der Waals surface area contributed by atoms with E-state index in [0.29, 0.717) is 12.8 Å². The Hall–Kier alpha value is -2.74. The Labute approximate surface area is 307 Å². The topological polar surface area (TPSA) is 104 Å². The highest BCUT2D eigenvalue weighted by atomic mass is 32.2. The molecule has 3 N–H and O–H groups in total. The molecule has 0 saturated carbocycles. The van der Waals surface area contributed by atoms with Crippen LogP contribution in [0.5, 0.6) is 0 Å². The van der Waals surface area contributed by atoms with Gasteiger partial charge in [0.1, 0.15) is 0 Å². The molecule has 0 fully saturated rings. The fraction of sp³-hybridized carbons (Fsp3) is 0.605. The molecular weight excluding hydrogens is 643 g/mol. The maximum atomic E-state index is 12.5. The van der Waals surface area contributed by atoms with E-state index in [4.69, 9.17) is 0 Å². The molecule has 7 heteroatoms. The molecule has 0 spiro atoms. The van der Waals surface area contributed by atoms with Crippen molar-refractivity contribution >= 4 is 16.0 Å². The first-order chi connectivity index (χ1) is 24.3. The lowest BCUT2D eigenvalue weighted by Gasteiger charge is -2.21. The van der Waals surface area contributed by atoms with Crippen LogP contribution in [0.4, 0.5) is 0 Å². The summed E-state index contributed by atoms with van der Waals surface area (Å²) in [5, 5.41) is 13.1. The van der Waals surface area contributed by atoms with E-state index in [1.54, 1.807) is 6.08 Å². The number of aliphatic hydroxyl groups excluding tert-OH is 1. The van der Waals surface area contributed by atoms with Gasteiger partial charge in [0.2, 0.25) is 5.91 Å². The average Bonchev–Trinajstić information content (AvgIpc) is 3.08. The standard InChI is InChI=1S/C43H71NO5S/c1-3-5-7-9-11-13-15-17-18-19-20-21-22-23-24-25-26-27-29-31-33-35-37-39-43(46)44-41(40-50(47,48)49)42(45)38-36-34-32-30-28-16-14-12-10-8-6-4-2/h5,7,10-13,17-18,20-21,23-24,28,30,36,38,41-42,45H,3-4,6,8-9,14-16,19,22,25-27,29,31-35,37,39-40H2,1-2H3,(H,44,46)(H,47,48,49)/b7-5-,12-10+,13-11-,18-17-,21-20-,24-23-,30-28+,38-36+. The van der Waals surface area contributed by atoms with Gasteiger partial charge in [0, 0.05) is 6.42 Å². The zero-order chi connectivity index (χ0) is 36.8. The fourth-order valence-electron chi connectivity index (χ4n) is 5.08. The van der Waals surface area contributed by atoms with E-state index >= 15 is 0 Å². The van der Waals surface area contributed by atoms with E-state index < -0.39 is 28.0 Å². The summed E-state index contributed by atoms with van der Waals surface area (Å²) in [7, 11) is -4.36. The summed E-state index contributed by atoms with van der Waals surface area (Å²) in [4.78, 5) is 12.5. The number of allylic oxidation sites excluding steroid dienone is 15. The number of aliphatic hydroxyl groups is 1. The van der Waals surface area contributed by atoms with Crippen molar-refractivity contribution in [2.45, 2.75) is 161 Å². The molecule has 0 aliphatic carbocycles. The molecule has 0 rings (SSSR count). The number of unbranched alkanes of at least 4 members (excludes halogenated alkanes) is 11. The van der Waals surface area contributed by atoms with E-state index in [2.05, 4.69) is 104 Å². The molecule has 2 unspecified atom stereocenters. The van der Waals surface area contributed by atoms with Crippen LogP contribution in [0, 0.1) is 0 Å². The molecule has 6 nitrogen and oxygen atoms in total. The highest BCUT2D eigenvalue weighted by molar-refractivity contribution is 7.85. The normalized spacial score (nSPS) is 14.4. The van der Waals surface area contributed by atoms with Gasteiger partial charge in [-0.2, -0.15) is 8.42 Å². The molecule has 0 heterocycles. The van der Waals surface area contributed by atoms with Crippen molar-refractivity contribution < 1.29 is 22.9 Å². The van der Waals surface area contributed by atoms with Crippen LogP contribution in [-0.2, 0) is 14.9 Å². The number of carbonyl (C=O) groups is 1. The molecule has 2 atom stereocenters. The molecule has 0 aromatic carbocycles. The average molecular weight is 714 g/mol. The predicted octanol–water partition coefficient (Wildman–Crippen LogP) is 11.4. The Morgan fingerprint density at radius 2 is 0.980 bits per heavy atom. The lowest BCUT2D eigenvalue weighted by Crippen LogP contribution is -2.46. The van der Waals surface area contributed by atoms with Crippen LogP contribution in [0.3, 0.4) is 0 Å². The first-order valence-electron chi connectivity index (χ1n) is 19.4. The molecule has 0 saturated heterocycles. The van der Waals surface area contributed by atoms with Crippen LogP contribution in [0.1, 0.15) is 149 Å². The third-order valence-electron chi connectivity index (χ3n) is 7.97. The van der Waals surface area contributed by atoms with Gasteiger partial charge >= 0.3 is 0 Å². The highest BCUT2D eigenvalue weighted by Gasteiger charge is 2.24. The summed E-state index contributed by atoms with van der Waals surface area (Å²) >= 11 is 0. The summed E-state index contributed by atoms with van der Waals surface area (Å²) in [6, 6.07) is -1.09. The summed E-state index contributed by atoms with van der Waals surface area (Å²) in [6.07, 6.45) is 53.9. The van der Waals surface area contributed by atoms with Crippen molar-refractivity contribution in [3.05, 3.63) is 97.2 Å². The van der Waals surface area contributed by atoms with Crippen LogP contribution < -0.4 is 5.32 Å². The van der Waals surface area contributed by atoms with Gasteiger partial charge in [-0.15, -0.1) is 0 Å². The van der Waals surface area contributed by atoms with E-state index in [-0.39, 0.29) is 12.3 Å². The smallest absolute Gasteiger partial charge is 0.267 e. The van der Waals surface area contributed by atoms with Crippen molar-refractivity contribution in [1.82, 2.24) is 5.32 Å². The SMILES string of the molecule is CC/C=C\C/C=C\C/C=C\C/C=C\C/C=C\CCCCCCCCCC(=O)NC(CS(=O)(=O)O)C(O)/C=C/CC/C=C/CC/C=C/CCCC. The lowest BCUT2D eigenvalue weighted by atomic mass is 10.1. The van der Waals surface area contributed by atoms with Gasteiger partial charge in [-0.05, 0) is 83.5 Å². The van der Waals surface area contributed by atoms with E-state index in [1.165, 1.54) is 38.2 Å². The maximum Gasteiger partial charge on any atom is 0.267 e. The second-order valence-electron chi connectivity index (χ2n) is 12.8. The molecule has 0 radical (unpaired) electrons. The number of rotatable bonds is 33. The quantitative estimate of drug-likeness (QED) is 0.0357.